The van der Waals surface area contributed by atoms with Crippen LogP contribution in [-0.4, -0.2) is 23.7 Å². The number of hydrogen-bond acceptors (Lipinski definition) is 3. The summed E-state index contributed by atoms with van der Waals surface area (Å²) in [6, 6.07) is 2.78. The lowest BCUT2D eigenvalue weighted by Crippen LogP contribution is -2.24. The van der Waals surface area contributed by atoms with E-state index in [1.54, 1.807) is 13.0 Å². The largest absolute Gasteiger partial charge is 0.444 e. The summed E-state index contributed by atoms with van der Waals surface area (Å²) in [5.41, 5.74) is 0.479. The molecule has 1 aromatic heterocycles. The van der Waals surface area contributed by atoms with Gasteiger partial charge in [-0.1, -0.05) is 0 Å². The Kier molecular flexibility index (Phi) is 2.07. The summed E-state index contributed by atoms with van der Waals surface area (Å²) in [5.74, 6) is -0.602. The number of hydrogen-bond donors (Lipinski definition) is 0. The second kappa shape index (κ2) is 3.25. The van der Waals surface area contributed by atoms with E-state index in [-0.39, 0.29) is 6.10 Å². The number of carbonyl (C=O) groups excluding carboxylic acids is 1. The van der Waals surface area contributed by atoms with Crippen molar-refractivity contribution in [3.05, 3.63) is 24.3 Å². The predicted molar refractivity (Wildman–Crippen MR) is 47.5 cm³/mol. The lowest BCUT2D eigenvalue weighted by Gasteiger charge is -2.11. The Labute approximate surface area is 80.3 Å². The minimum absolute atomic E-state index is 0.154. The van der Waals surface area contributed by atoms with E-state index in [9.17, 15) is 9.18 Å². The molecule has 0 aromatic carbocycles. The normalized spacial score (nSPS) is 21.1. The van der Waals surface area contributed by atoms with E-state index in [0.29, 0.717) is 12.2 Å². The first-order chi connectivity index (χ1) is 6.66. The van der Waals surface area contributed by atoms with Crippen molar-refractivity contribution < 1.29 is 13.9 Å². The number of halogens is 1. The van der Waals surface area contributed by atoms with Gasteiger partial charge in [-0.25, -0.2) is 9.78 Å². The van der Waals surface area contributed by atoms with Gasteiger partial charge in [0, 0.05) is 12.3 Å². The third kappa shape index (κ3) is 1.53. The SMILES string of the molecule is CC1CN(c2ccnc(F)c2)C(=O)O1. The van der Waals surface area contributed by atoms with Crippen LogP contribution in [0.2, 0.25) is 0 Å². The van der Waals surface area contributed by atoms with E-state index in [1.807, 2.05) is 0 Å². The van der Waals surface area contributed by atoms with Crippen molar-refractivity contribution in [1.29, 1.82) is 0 Å². The molecule has 2 rings (SSSR count). The lowest BCUT2D eigenvalue weighted by molar-refractivity contribution is 0.150. The highest BCUT2D eigenvalue weighted by atomic mass is 19.1. The van der Waals surface area contributed by atoms with Crippen LogP contribution in [0.4, 0.5) is 14.9 Å². The van der Waals surface area contributed by atoms with Crippen LogP contribution in [0.5, 0.6) is 0 Å². The van der Waals surface area contributed by atoms with E-state index in [2.05, 4.69) is 4.98 Å². The Morgan fingerprint density at radius 1 is 1.71 bits per heavy atom. The molecule has 0 radical (unpaired) electrons. The zero-order chi connectivity index (χ0) is 10.1. The second-order valence-corrected chi connectivity index (χ2v) is 3.14. The predicted octanol–water partition coefficient (Wildman–Crippen LogP) is 1.57. The van der Waals surface area contributed by atoms with Crippen molar-refractivity contribution in [2.45, 2.75) is 13.0 Å². The van der Waals surface area contributed by atoms with Crippen molar-refractivity contribution >= 4 is 11.8 Å². The van der Waals surface area contributed by atoms with E-state index in [4.69, 9.17) is 4.74 Å². The Morgan fingerprint density at radius 3 is 3.07 bits per heavy atom. The highest BCUT2D eigenvalue weighted by Gasteiger charge is 2.29. The van der Waals surface area contributed by atoms with Crippen LogP contribution in [0.1, 0.15) is 6.92 Å². The van der Waals surface area contributed by atoms with Gasteiger partial charge in [0.25, 0.3) is 0 Å². The fourth-order valence-electron chi connectivity index (χ4n) is 1.38. The van der Waals surface area contributed by atoms with Crippen LogP contribution in [0, 0.1) is 5.95 Å². The molecule has 4 nitrogen and oxygen atoms in total. The van der Waals surface area contributed by atoms with Crippen molar-refractivity contribution in [1.82, 2.24) is 4.98 Å². The smallest absolute Gasteiger partial charge is 0.414 e. The van der Waals surface area contributed by atoms with Crippen LogP contribution >= 0.6 is 0 Å². The number of amides is 1. The van der Waals surface area contributed by atoms with Gasteiger partial charge >= 0.3 is 6.09 Å². The highest BCUT2D eigenvalue weighted by Crippen LogP contribution is 2.20. The van der Waals surface area contributed by atoms with Gasteiger partial charge in [-0.15, -0.1) is 0 Å². The van der Waals surface area contributed by atoms with E-state index < -0.39 is 12.0 Å². The number of anilines is 1. The first kappa shape index (κ1) is 8.93. The van der Waals surface area contributed by atoms with Crippen LogP contribution in [0.15, 0.2) is 18.3 Å². The molecule has 0 spiro atoms. The maximum Gasteiger partial charge on any atom is 0.414 e. The molecule has 1 saturated heterocycles. The topological polar surface area (TPSA) is 42.4 Å². The molecule has 74 valence electrons. The van der Waals surface area contributed by atoms with Gasteiger partial charge in [0.1, 0.15) is 6.10 Å². The molecule has 1 fully saturated rings. The number of pyridine rings is 1. The lowest BCUT2D eigenvalue weighted by atomic mass is 10.3. The van der Waals surface area contributed by atoms with Gasteiger partial charge in [0.2, 0.25) is 5.95 Å². The third-order valence-corrected chi connectivity index (χ3v) is 1.98. The number of nitrogens with zero attached hydrogens (tertiary/aromatic N) is 2. The zero-order valence-electron chi connectivity index (χ0n) is 7.61. The van der Waals surface area contributed by atoms with Gasteiger partial charge in [-0.05, 0) is 13.0 Å². The third-order valence-electron chi connectivity index (χ3n) is 1.98. The maximum absolute atomic E-state index is 12.8. The first-order valence-electron chi connectivity index (χ1n) is 4.26. The Bertz CT molecular complexity index is 370. The van der Waals surface area contributed by atoms with E-state index in [0.717, 1.165) is 0 Å². The van der Waals surface area contributed by atoms with Gasteiger partial charge < -0.3 is 4.74 Å². The molecular formula is C9H9FN2O2. The Hall–Kier alpha value is -1.65. The minimum atomic E-state index is -0.602. The average molecular weight is 196 g/mol. The summed E-state index contributed by atoms with van der Waals surface area (Å²) in [6.45, 7) is 2.23. The molecule has 2 heterocycles. The summed E-state index contributed by atoms with van der Waals surface area (Å²) in [7, 11) is 0. The average Bonchev–Trinajstić information content (AvgIpc) is 2.45. The van der Waals surface area contributed by atoms with Crippen LogP contribution in [0.3, 0.4) is 0 Å². The standard InChI is InChI=1S/C9H9FN2O2/c1-6-5-12(9(13)14-6)7-2-3-11-8(10)4-7/h2-4,6H,5H2,1H3. The number of cyclic esters (lactones) is 1. The summed E-state index contributed by atoms with van der Waals surface area (Å²) >= 11 is 0. The van der Waals surface area contributed by atoms with Crippen LogP contribution < -0.4 is 4.90 Å². The molecule has 1 aliphatic heterocycles. The maximum atomic E-state index is 12.8. The summed E-state index contributed by atoms with van der Waals surface area (Å²) in [5, 5.41) is 0. The van der Waals surface area contributed by atoms with Gasteiger partial charge in [-0.3, -0.25) is 4.90 Å². The number of carbonyl (C=O) groups is 1. The molecule has 0 N–H and O–H groups in total. The second-order valence-electron chi connectivity index (χ2n) is 3.14. The number of aromatic nitrogens is 1. The molecule has 0 bridgehead atoms. The van der Waals surface area contributed by atoms with E-state index >= 15 is 0 Å². The summed E-state index contributed by atoms with van der Waals surface area (Å²) < 4.78 is 17.7. The number of rotatable bonds is 1. The molecule has 1 aromatic rings. The fourth-order valence-corrected chi connectivity index (χ4v) is 1.38. The van der Waals surface area contributed by atoms with Crippen LogP contribution in [-0.2, 0) is 4.74 Å². The molecule has 5 heteroatoms. The van der Waals surface area contributed by atoms with Crippen molar-refractivity contribution in [2.75, 3.05) is 11.4 Å². The van der Waals surface area contributed by atoms with Crippen molar-refractivity contribution in [3.63, 3.8) is 0 Å². The van der Waals surface area contributed by atoms with Crippen molar-refractivity contribution in [2.24, 2.45) is 0 Å². The molecule has 1 aliphatic rings. The summed E-state index contributed by atoms with van der Waals surface area (Å²) in [6.07, 6.45) is 0.725. The molecular weight excluding hydrogens is 187 g/mol. The van der Waals surface area contributed by atoms with Crippen LogP contribution in [0.25, 0.3) is 0 Å². The Balaban J connectivity index is 2.27. The van der Waals surface area contributed by atoms with Gasteiger partial charge in [0.15, 0.2) is 0 Å². The quantitative estimate of drug-likeness (QED) is 0.640. The molecule has 1 amide bonds. The van der Waals surface area contributed by atoms with E-state index in [1.165, 1.54) is 17.2 Å². The molecule has 0 aliphatic carbocycles. The molecule has 1 atom stereocenters. The Morgan fingerprint density at radius 2 is 2.50 bits per heavy atom. The zero-order valence-corrected chi connectivity index (χ0v) is 7.61. The summed E-state index contributed by atoms with van der Waals surface area (Å²) in [4.78, 5) is 16.1. The van der Waals surface area contributed by atoms with Crippen molar-refractivity contribution in [3.8, 4) is 0 Å². The van der Waals surface area contributed by atoms with Gasteiger partial charge in [0.05, 0.1) is 12.2 Å². The monoisotopic (exact) mass is 196 g/mol. The first-order valence-corrected chi connectivity index (χ1v) is 4.26. The fraction of sp³-hybridized carbons (Fsp3) is 0.333. The number of ether oxygens (including phenoxy) is 1. The minimum Gasteiger partial charge on any atom is -0.444 e. The molecule has 14 heavy (non-hydrogen) atoms. The highest BCUT2D eigenvalue weighted by molar-refractivity contribution is 5.89. The van der Waals surface area contributed by atoms with Gasteiger partial charge in [-0.2, -0.15) is 4.39 Å². The molecule has 1 unspecified atom stereocenters. The molecule has 0 saturated carbocycles.